The number of carbonyl (C=O) groups is 2. The molecular formula is C17H19NO3. The zero-order valence-electron chi connectivity index (χ0n) is 12.1. The lowest BCUT2D eigenvalue weighted by Gasteiger charge is -2.28. The van der Waals surface area contributed by atoms with E-state index < -0.39 is 11.9 Å². The highest BCUT2D eigenvalue weighted by molar-refractivity contribution is 6.00. The maximum Gasteiger partial charge on any atom is 0.318 e. The van der Waals surface area contributed by atoms with Crippen LogP contribution in [0.3, 0.4) is 0 Å². The fourth-order valence-electron chi connectivity index (χ4n) is 3.41. The summed E-state index contributed by atoms with van der Waals surface area (Å²) in [5.41, 5.74) is 1.08. The third-order valence-corrected chi connectivity index (χ3v) is 4.43. The van der Waals surface area contributed by atoms with Crippen LogP contribution in [0.15, 0.2) is 42.5 Å². The van der Waals surface area contributed by atoms with Crippen LogP contribution < -0.4 is 0 Å². The summed E-state index contributed by atoms with van der Waals surface area (Å²) in [6.45, 7) is 0.540. The molecule has 1 saturated heterocycles. The van der Waals surface area contributed by atoms with Crippen molar-refractivity contribution in [2.45, 2.75) is 25.4 Å². The third-order valence-electron chi connectivity index (χ3n) is 4.43. The molecule has 0 N–H and O–H groups in total. The molecule has 1 aliphatic heterocycles. The maximum absolute atomic E-state index is 12.7. The van der Waals surface area contributed by atoms with E-state index >= 15 is 0 Å². The monoisotopic (exact) mass is 285 g/mol. The van der Waals surface area contributed by atoms with E-state index in [4.69, 9.17) is 4.74 Å². The number of rotatable bonds is 3. The van der Waals surface area contributed by atoms with Gasteiger partial charge in [-0.3, -0.25) is 9.59 Å². The van der Waals surface area contributed by atoms with Crippen molar-refractivity contribution in [2.75, 3.05) is 7.11 Å². The van der Waals surface area contributed by atoms with Gasteiger partial charge in [0.25, 0.3) is 0 Å². The molecular weight excluding hydrogens is 266 g/mol. The lowest BCUT2D eigenvalue weighted by Crippen LogP contribution is -2.34. The Morgan fingerprint density at radius 3 is 2.81 bits per heavy atom. The number of amides is 1. The molecule has 0 spiro atoms. The fourth-order valence-corrected chi connectivity index (χ4v) is 3.41. The van der Waals surface area contributed by atoms with Crippen LogP contribution in [-0.4, -0.2) is 29.9 Å². The standard InChI is InChI=1S/C17H19NO3/c1-21-17(20)15-13-9-5-6-10-14(13)18(16(15)19)11-12-7-3-2-4-8-12/h2-4,6-8,10,13-15H,5,9,11H2,1H3/t13-,14+,15?/m0/s1. The molecule has 1 amide bonds. The summed E-state index contributed by atoms with van der Waals surface area (Å²) < 4.78 is 4.84. The molecule has 2 aliphatic rings. The number of fused-ring (bicyclic) bond motifs is 1. The van der Waals surface area contributed by atoms with E-state index in [0.717, 1.165) is 18.4 Å². The number of hydrogen-bond donors (Lipinski definition) is 0. The highest BCUT2D eigenvalue weighted by Gasteiger charge is 2.51. The Bertz CT molecular complexity index is 567. The molecule has 21 heavy (non-hydrogen) atoms. The number of carbonyl (C=O) groups excluding carboxylic acids is 2. The zero-order chi connectivity index (χ0) is 14.8. The Kier molecular flexibility index (Phi) is 3.78. The molecule has 4 heteroatoms. The highest BCUT2D eigenvalue weighted by atomic mass is 16.5. The second kappa shape index (κ2) is 5.72. The van der Waals surface area contributed by atoms with Gasteiger partial charge in [-0.25, -0.2) is 0 Å². The Morgan fingerprint density at radius 2 is 2.10 bits per heavy atom. The molecule has 3 atom stereocenters. The van der Waals surface area contributed by atoms with Crippen molar-refractivity contribution in [3.05, 3.63) is 48.0 Å². The summed E-state index contributed by atoms with van der Waals surface area (Å²) in [6.07, 6.45) is 5.95. The van der Waals surface area contributed by atoms with Crippen LogP contribution in [0.25, 0.3) is 0 Å². The summed E-state index contributed by atoms with van der Waals surface area (Å²) in [4.78, 5) is 26.5. The number of likely N-dealkylation sites (tertiary alicyclic amines) is 1. The van der Waals surface area contributed by atoms with Crippen molar-refractivity contribution in [1.29, 1.82) is 0 Å². The van der Waals surface area contributed by atoms with Crippen LogP contribution in [-0.2, 0) is 20.9 Å². The number of esters is 1. The normalized spacial score (nSPS) is 27.6. The molecule has 1 aliphatic carbocycles. The molecule has 1 fully saturated rings. The third kappa shape index (κ3) is 2.46. The van der Waals surface area contributed by atoms with Gasteiger partial charge in [0.15, 0.2) is 0 Å². The van der Waals surface area contributed by atoms with Crippen molar-refractivity contribution in [3.8, 4) is 0 Å². The molecule has 4 nitrogen and oxygen atoms in total. The van der Waals surface area contributed by atoms with E-state index in [2.05, 4.69) is 12.2 Å². The molecule has 1 unspecified atom stereocenters. The molecule has 0 saturated carbocycles. The SMILES string of the molecule is COC(=O)C1C(=O)N(Cc2ccccc2)[C@@H]2C=CCC[C@H]12. The first kappa shape index (κ1) is 13.9. The molecule has 1 aromatic rings. The Labute approximate surface area is 124 Å². The summed E-state index contributed by atoms with van der Waals surface area (Å²) in [5, 5.41) is 0. The van der Waals surface area contributed by atoms with Gasteiger partial charge >= 0.3 is 5.97 Å². The Balaban J connectivity index is 1.88. The van der Waals surface area contributed by atoms with Gasteiger partial charge in [-0.2, -0.15) is 0 Å². The fraction of sp³-hybridized carbons (Fsp3) is 0.412. The minimum absolute atomic E-state index is 0.00977. The summed E-state index contributed by atoms with van der Waals surface area (Å²) in [6, 6.07) is 9.88. The van der Waals surface area contributed by atoms with Gasteiger partial charge in [0, 0.05) is 12.5 Å². The lowest BCUT2D eigenvalue weighted by atomic mass is 9.83. The van der Waals surface area contributed by atoms with Crippen molar-refractivity contribution in [2.24, 2.45) is 11.8 Å². The van der Waals surface area contributed by atoms with E-state index in [1.54, 1.807) is 0 Å². The number of benzene rings is 1. The largest absolute Gasteiger partial charge is 0.468 e. The van der Waals surface area contributed by atoms with Gasteiger partial charge in [-0.15, -0.1) is 0 Å². The average molecular weight is 285 g/mol. The number of nitrogens with zero attached hydrogens (tertiary/aromatic N) is 1. The maximum atomic E-state index is 12.7. The van der Waals surface area contributed by atoms with Crippen LogP contribution in [0.2, 0.25) is 0 Å². The van der Waals surface area contributed by atoms with Gasteiger partial charge in [0.2, 0.25) is 5.91 Å². The van der Waals surface area contributed by atoms with Crippen LogP contribution >= 0.6 is 0 Å². The predicted molar refractivity (Wildman–Crippen MR) is 78.2 cm³/mol. The first-order valence-electron chi connectivity index (χ1n) is 7.31. The second-order valence-corrected chi connectivity index (χ2v) is 5.61. The van der Waals surface area contributed by atoms with Gasteiger partial charge in [0.05, 0.1) is 13.2 Å². The number of ether oxygens (including phenoxy) is 1. The molecule has 1 heterocycles. The molecule has 1 aromatic carbocycles. The number of methoxy groups -OCH3 is 1. The summed E-state index contributed by atoms with van der Waals surface area (Å²) >= 11 is 0. The smallest absolute Gasteiger partial charge is 0.318 e. The average Bonchev–Trinajstić information content (AvgIpc) is 2.80. The number of allylic oxidation sites excluding steroid dienone is 1. The van der Waals surface area contributed by atoms with E-state index in [-0.39, 0.29) is 17.9 Å². The van der Waals surface area contributed by atoms with Gasteiger partial charge in [0.1, 0.15) is 5.92 Å². The minimum Gasteiger partial charge on any atom is -0.468 e. The van der Waals surface area contributed by atoms with Gasteiger partial charge in [-0.05, 0) is 18.4 Å². The van der Waals surface area contributed by atoms with Gasteiger partial charge < -0.3 is 9.64 Å². The van der Waals surface area contributed by atoms with Crippen LogP contribution in [0.4, 0.5) is 0 Å². The van der Waals surface area contributed by atoms with Crippen LogP contribution in [0, 0.1) is 11.8 Å². The topological polar surface area (TPSA) is 46.6 Å². The zero-order valence-corrected chi connectivity index (χ0v) is 12.1. The molecule has 0 bridgehead atoms. The molecule has 0 aromatic heterocycles. The Hall–Kier alpha value is -2.10. The van der Waals surface area contributed by atoms with E-state index in [1.807, 2.05) is 35.2 Å². The molecule has 110 valence electrons. The lowest BCUT2D eigenvalue weighted by molar-refractivity contribution is -0.151. The van der Waals surface area contributed by atoms with Crippen molar-refractivity contribution in [1.82, 2.24) is 4.90 Å². The number of hydrogen-bond acceptors (Lipinski definition) is 3. The van der Waals surface area contributed by atoms with E-state index in [9.17, 15) is 9.59 Å². The minimum atomic E-state index is -0.645. The quantitative estimate of drug-likeness (QED) is 0.486. The summed E-state index contributed by atoms with van der Waals surface area (Å²) in [7, 11) is 1.35. The van der Waals surface area contributed by atoms with Crippen molar-refractivity contribution >= 4 is 11.9 Å². The molecule has 0 radical (unpaired) electrons. The summed E-state index contributed by atoms with van der Waals surface area (Å²) in [5.74, 6) is -1.11. The predicted octanol–water partition coefficient (Wildman–Crippen LogP) is 2.15. The van der Waals surface area contributed by atoms with E-state index in [0.29, 0.717) is 6.54 Å². The second-order valence-electron chi connectivity index (χ2n) is 5.61. The first-order valence-corrected chi connectivity index (χ1v) is 7.31. The highest BCUT2D eigenvalue weighted by Crippen LogP contribution is 2.39. The molecule has 3 rings (SSSR count). The van der Waals surface area contributed by atoms with Gasteiger partial charge in [-0.1, -0.05) is 42.5 Å². The van der Waals surface area contributed by atoms with Crippen molar-refractivity contribution in [3.63, 3.8) is 0 Å². The van der Waals surface area contributed by atoms with E-state index in [1.165, 1.54) is 7.11 Å². The van der Waals surface area contributed by atoms with Crippen molar-refractivity contribution < 1.29 is 14.3 Å². The van der Waals surface area contributed by atoms with Crippen LogP contribution in [0.1, 0.15) is 18.4 Å². The Morgan fingerprint density at radius 1 is 1.33 bits per heavy atom. The van der Waals surface area contributed by atoms with Crippen LogP contribution in [0.5, 0.6) is 0 Å². The first-order chi connectivity index (χ1) is 10.2.